The normalized spacial score (nSPS) is 10.9. The molecule has 86 valence electrons. The van der Waals surface area contributed by atoms with Crippen molar-refractivity contribution >= 4 is 17.1 Å². The van der Waals surface area contributed by atoms with Gasteiger partial charge in [-0.3, -0.25) is 4.68 Å². The average molecular weight is 232 g/mol. The Morgan fingerprint density at radius 2 is 2.24 bits per heavy atom. The molecule has 9 heteroatoms. The lowest BCUT2D eigenvalue weighted by Gasteiger charge is -2.01. The highest BCUT2D eigenvalue weighted by Crippen LogP contribution is 2.23. The Hall–Kier alpha value is -2.71. The summed E-state index contributed by atoms with van der Waals surface area (Å²) in [6, 6.07) is 0.182. The van der Waals surface area contributed by atoms with Gasteiger partial charge in [0.05, 0.1) is 6.33 Å². The van der Waals surface area contributed by atoms with Crippen LogP contribution in [0.1, 0.15) is 0 Å². The van der Waals surface area contributed by atoms with Crippen LogP contribution in [0.4, 0.5) is 5.95 Å². The number of nitrogens with one attached hydrogen (secondary N) is 1. The predicted octanol–water partition coefficient (Wildman–Crippen LogP) is -0.144. The van der Waals surface area contributed by atoms with Crippen molar-refractivity contribution in [3.8, 4) is 11.9 Å². The SMILES string of the molecule is Cn1cnc(Oc2nc(N)nc3nc[nH]c23)n1. The Bertz CT molecular complexity index is 671. The molecule has 0 bridgehead atoms. The summed E-state index contributed by atoms with van der Waals surface area (Å²) >= 11 is 0. The molecule has 3 rings (SSSR count). The number of hydrogen-bond donors (Lipinski definition) is 2. The van der Waals surface area contributed by atoms with E-state index >= 15 is 0 Å². The molecule has 0 saturated heterocycles. The number of imidazole rings is 1. The fraction of sp³-hybridized carbons (Fsp3) is 0.125. The van der Waals surface area contributed by atoms with E-state index in [2.05, 4.69) is 30.0 Å². The minimum absolute atomic E-state index is 0.0792. The van der Waals surface area contributed by atoms with Gasteiger partial charge in [0.25, 0.3) is 5.88 Å². The maximum atomic E-state index is 5.54. The van der Waals surface area contributed by atoms with E-state index in [-0.39, 0.29) is 17.8 Å². The topological polar surface area (TPSA) is 120 Å². The number of hydrogen-bond acceptors (Lipinski definition) is 7. The first-order valence-corrected chi connectivity index (χ1v) is 4.72. The highest BCUT2D eigenvalue weighted by atomic mass is 16.5. The molecule has 3 heterocycles. The molecule has 3 aromatic heterocycles. The van der Waals surface area contributed by atoms with Gasteiger partial charge in [-0.2, -0.15) is 15.0 Å². The van der Waals surface area contributed by atoms with Gasteiger partial charge in [0.1, 0.15) is 11.8 Å². The lowest BCUT2D eigenvalue weighted by Crippen LogP contribution is -1.99. The lowest BCUT2D eigenvalue weighted by molar-refractivity contribution is 0.427. The molecule has 0 spiro atoms. The maximum Gasteiger partial charge on any atom is 0.342 e. The van der Waals surface area contributed by atoms with E-state index in [1.165, 1.54) is 17.3 Å². The standard InChI is InChI=1S/C8H8N8O/c1-16-3-12-8(15-16)17-6-4-5(11-2-10-4)13-7(9)14-6/h2-3H,1H3,(H3,9,10,11,13,14). The van der Waals surface area contributed by atoms with Crippen LogP contribution in [0.5, 0.6) is 11.9 Å². The van der Waals surface area contributed by atoms with E-state index in [0.717, 1.165) is 0 Å². The van der Waals surface area contributed by atoms with Crippen LogP contribution in [0, 0.1) is 0 Å². The number of nitrogen functional groups attached to an aromatic ring is 1. The Kier molecular flexibility index (Phi) is 1.90. The van der Waals surface area contributed by atoms with Crippen LogP contribution in [0.25, 0.3) is 11.2 Å². The molecule has 0 unspecified atom stereocenters. The second kappa shape index (κ2) is 3.40. The zero-order chi connectivity index (χ0) is 11.8. The molecule has 0 saturated carbocycles. The van der Waals surface area contributed by atoms with Crippen molar-refractivity contribution in [2.24, 2.45) is 7.05 Å². The zero-order valence-corrected chi connectivity index (χ0v) is 8.82. The Labute approximate surface area is 94.7 Å². The van der Waals surface area contributed by atoms with Gasteiger partial charge in [0.15, 0.2) is 5.65 Å². The van der Waals surface area contributed by atoms with Gasteiger partial charge in [-0.05, 0) is 0 Å². The Morgan fingerprint density at radius 1 is 1.35 bits per heavy atom. The van der Waals surface area contributed by atoms with Crippen LogP contribution < -0.4 is 10.5 Å². The number of rotatable bonds is 2. The van der Waals surface area contributed by atoms with Crippen molar-refractivity contribution in [1.82, 2.24) is 34.7 Å². The van der Waals surface area contributed by atoms with Crippen LogP contribution in [-0.4, -0.2) is 34.7 Å². The van der Waals surface area contributed by atoms with E-state index < -0.39 is 0 Å². The molecule has 0 fully saturated rings. The monoisotopic (exact) mass is 232 g/mol. The van der Waals surface area contributed by atoms with Gasteiger partial charge in [0, 0.05) is 7.05 Å². The molecule has 0 amide bonds. The number of anilines is 1. The predicted molar refractivity (Wildman–Crippen MR) is 57.2 cm³/mol. The van der Waals surface area contributed by atoms with E-state index in [1.807, 2.05) is 0 Å². The summed E-state index contributed by atoms with van der Waals surface area (Å²) < 4.78 is 6.92. The smallest absolute Gasteiger partial charge is 0.342 e. The minimum atomic E-state index is 0.0792. The zero-order valence-electron chi connectivity index (χ0n) is 8.82. The molecule has 0 aromatic carbocycles. The average Bonchev–Trinajstić information content (AvgIpc) is 2.87. The van der Waals surface area contributed by atoms with Crippen molar-refractivity contribution in [3.63, 3.8) is 0 Å². The first kappa shape index (κ1) is 9.51. The number of H-pyrrole nitrogens is 1. The summed E-state index contributed by atoms with van der Waals surface area (Å²) in [6.07, 6.45) is 3.00. The van der Waals surface area contributed by atoms with Gasteiger partial charge < -0.3 is 15.5 Å². The number of nitrogens with zero attached hydrogens (tertiary/aromatic N) is 6. The van der Waals surface area contributed by atoms with E-state index in [9.17, 15) is 0 Å². The van der Waals surface area contributed by atoms with E-state index in [0.29, 0.717) is 11.2 Å². The fourth-order valence-electron chi connectivity index (χ4n) is 1.35. The number of aryl methyl sites for hydroxylation is 1. The molecule has 0 aliphatic heterocycles. The maximum absolute atomic E-state index is 5.54. The molecule has 0 radical (unpaired) electrons. The van der Waals surface area contributed by atoms with Gasteiger partial charge in [0.2, 0.25) is 5.95 Å². The third kappa shape index (κ3) is 1.62. The second-order valence-electron chi connectivity index (χ2n) is 3.29. The quantitative estimate of drug-likeness (QED) is 0.630. The van der Waals surface area contributed by atoms with Crippen molar-refractivity contribution in [2.45, 2.75) is 0 Å². The molecular formula is C8H8N8O. The molecule has 0 atom stereocenters. The first-order valence-electron chi connectivity index (χ1n) is 4.72. The molecule has 17 heavy (non-hydrogen) atoms. The molecule has 9 nitrogen and oxygen atoms in total. The van der Waals surface area contributed by atoms with E-state index in [1.54, 1.807) is 7.05 Å². The van der Waals surface area contributed by atoms with Crippen molar-refractivity contribution in [1.29, 1.82) is 0 Å². The summed E-state index contributed by atoms with van der Waals surface area (Å²) in [5, 5.41) is 3.97. The number of aromatic amines is 1. The van der Waals surface area contributed by atoms with Gasteiger partial charge in [-0.25, -0.2) is 4.98 Å². The molecular weight excluding hydrogens is 224 g/mol. The van der Waals surface area contributed by atoms with Gasteiger partial charge in [-0.1, -0.05) is 0 Å². The van der Waals surface area contributed by atoms with Crippen LogP contribution in [0.3, 0.4) is 0 Å². The molecule has 0 aliphatic rings. The lowest BCUT2D eigenvalue weighted by atomic mass is 10.5. The van der Waals surface area contributed by atoms with E-state index in [4.69, 9.17) is 10.5 Å². The first-order chi connectivity index (χ1) is 8.22. The summed E-state index contributed by atoms with van der Waals surface area (Å²) in [7, 11) is 1.74. The largest absolute Gasteiger partial charge is 0.402 e. The molecule has 0 aliphatic carbocycles. The minimum Gasteiger partial charge on any atom is -0.402 e. The number of ether oxygens (including phenoxy) is 1. The Balaban J connectivity index is 2.07. The Morgan fingerprint density at radius 3 is 3.00 bits per heavy atom. The van der Waals surface area contributed by atoms with Crippen LogP contribution >= 0.6 is 0 Å². The molecule has 3 aromatic rings. The highest BCUT2D eigenvalue weighted by molar-refractivity contribution is 5.76. The molecule has 3 N–H and O–H groups in total. The van der Waals surface area contributed by atoms with Crippen LogP contribution in [0.2, 0.25) is 0 Å². The number of aromatic nitrogens is 7. The number of nitrogens with two attached hydrogens (primary N) is 1. The van der Waals surface area contributed by atoms with Crippen molar-refractivity contribution in [2.75, 3.05) is 5.73 Å². The highest BCUT2D eigenvalue weighted by Gasteiger charge is 2.12. The fourth-order valence-corrected chi connectivity index (χ4v) is 1.35. The summed E-state index contributed by atoms with van der Waals surface area (Å²) in [5.41, 5.74) is 6.52. The van der Waals surface area contributed by atoms with Gasteiger partial charge >= 0.3 is 6.01 Å². The third-order valence-corrected chi connectivity index (χ3v) is 2.04. The third-order valence-electron chi connectivity index (χ3n) is 2.04. The number of fused-ring (bicyclic) bond motifs is 1. The van der Waals surface area contributed by atoms with Crippen LogP contribution in [0.15, 0.2) is 12.7 Å². The summed E-state index contributed by atoms with van der Waals surface area (Å²) in [5.74, 6) is 0.326. The van der Waals surface area contributed by atoms with Crippen LogP contribution in [-0.2, 0) is 7.05 Å². The summed E-state index contributed by atoms with van der Waals surface area (Å²) in [4.78, 5) is 18.7. The van der Waals surface area contributed by atoms with Crippen molar-refractivity contribution < 1.29 is 4.74 Å². The second-order valence-corrected chi connectivity index (χ2v) is 3.29. The van der Waals surface area contributed by atoms with Gasteiger partial charge in [-0.15, -0.1) is 5.10 Å². The summed E-state index contributed by atoms with van der Waals surface area (Å²) in [6.45, 7) is 0. The van der Waals surface area contributed by atoms with Crippen molar-refractivity contribution in [3.05, 3.63) is 12.7 Å².